The maximum absolute atomic E-state index is 6.01. The average Bonchev–Trinajstić information content (AvgIpc) is 3.05. The van der Waals surface area contributed by atoms with Crippen LogP contribution in [0, 0.1) is 13.8 Å². The lowest BCUT2D eigenvalue weighted by atomic mass is 10.3. The Morgan fingerprint density at radius 1 is 0.731 bits per heavy atom. The third-order valence-corrected chi connectivity index (χ3v) is 8.16. The third-order valence-electron chi connectivity index (χ3n) is 6.38. The van der Waals surface area contributed by atoms with Crippen LogP contribution in [0.25, 0.3) is 0 Å². The predicted octanol–water partition coefficient (Wildman–Crippen LogP) is 8.72. The minimum absolute atomic E-state index is 0.324. The number of thiocarbonyl (C=S) groups is 2. The second kappa shape index (κ2) is 24.0. The molecule has 52 heavy (non-hydrogen) atoms. The molecule has 0 amide bonds. The van der Waals surface area contributed by atoms with Crippen molar-refractivity contribution in [3.05, 3.63) is 80.0 Å². The van der Waals surface area contributed by atoms with Crippen LogP contribution in [0.2, 0.25) is 20.1 Å². The van der Waals surface area contributed by atoms with Gasteiger partial charge in [0.1, 0.15) is 11.6 Å². The first-order valence-electron chi connectivity index (χ1n) is 15.9. The van der Waals surface area contributed by atoms with E-state index < -0.39 is 0 Å². The summed E-state index contributed by atoms with van der Waals surface area (Å²) in [7, 11) is 8.23. The van der Waals surface area contributed by atoms with Gasteiger partial charge in [-0.25, -0.2) is 9.97 Å². The van der Waals surface area contributed by atoms with Gasteiger partial charge < -0.3 is 36.8 Å². The first kappa shape index (κ1) is 44.7. The minimum atomic E-state index is 0.324. The van der Waals surface area contributed by atoms with E-state index in [0.717, 1.165) is 67.7 Å². The number of nitrogens with two attached hydrogens (primary N) is 1. The molecule has 18 heteroatoms. The number of hydrogen-bond donors (Lipinski definition) is 5. The van der Waals surface area contributed by atoms with Crippen molar-refractivity contribution < 1.29 is 0 Å². The summed E-state index contributed by atoms with van der Waals surface area (Å²) in [5, 5.41) is 17.1. The summed E-state index contributed by atoms with van der Waals surface area (Å²) in [6.07, 6.45) is 2.10. The predicted molar refractivity (Wildman–Crippen MR) is 229 cm³/mol. The number of aromatic nitrogens is 4. The van der Waals surface area contributed by atoms with Gasteiger partial charge in [0, 0.05) is 42.3 Å². The number of aryl methyl sites for hydroxylation is 2. The Morgan fingerprint density at radius 3 is 1.79 bits per heavy atom. The highest BCUT2D eigenvalue weighted by Crippen LogP contribution is 2.26. The molecule has 0 fully saturated rings. The van der Waals surface area contributed by atoms with E-state index in [4.69, 9.17) is 64.4 Å². The van der Waals surface area contributed by atoms with Crippen molar-refractivity contribution in [1.29, 1.82) is 0 Å². The summed E-state index contributed by atoms with van der Waals surface area (Å²) in [4.78, 5) is 24.9. The molecule has 280 valence electrons. The molecule has 0 aliphatic rings. The van der Waals surface area contributed by atoms with Gasteiger partial charge in [-0.15, -0.1) is 0 Å². The lowest BCUT2D eigenvalue weighted by molar-refractivity contribution is 0.405. The first-order valence-corrected chi connectivity index (χ1v) is 18.3. The topological polar surface area (TPSA) is 145 Å². The summed E-state index contributed by atoms with van der Waals surface area (Å²) in [6.45, 7) is 7.62. The van der Waals surface area contributed by atoms with E-state index in [1.54, 1.807) is 36.4 Å². The Balaban J connectivity index is 0.000000302. The molecule has 0 bridgehead atoms. The zero-order chi connectivity index (χ0) is 38.6. The van der Waals surface area contributed by atoms with Crippen LogP contribution < -0.4 is 27.0 Å². The van der Waals surface area contributed by atoms with Crippen LogP contribution in [-0.2, 0) is 0 Å². The van der Waals surface area contributed by atoms with Gasteiger partial charge in [-0.2, -0.15) is 15.0 Å². The molecule has 12 nitrogen and oxygen atoms in total. The molecule has 2 aromatic heterocycles. The molecule has 0 atom stereocenters. The monoisotopic (exact) mass is 824 g/mol. The fraction of sp³-hybridized carbons (Fsp3) is 0.353. The number of nitrogens with zero attached hydrogens (tertiary/aromatic N) is 7. The number of hydrogen-bond acceptors (Lipinski definition) is 12. The van der Waals surface area contributed by atoms with E-state index in [1.807, 2.05) is 26.0 Å². The second-order valence-electron chi connectivity index (χ2n) is 11.6. The normalized spacial score (nSPS) is 10.3. The summed E-state index contributed by atoms with van der Waals surface area (Å²) in [5.41, 5.74) is 8.66. The van der Waals surface area contributed by atoms with E-state index in [0.29, 0.717) is 42.8 Å². The Kier molecular flexibility index (Phi) is 20.6. The number of anilines is 5. The van der Waals surface area contributed by atoms with Gasteiger partial charge in [-0.1, -0.05) is 46.4 Å². The van der Waals surface area contributed by atoms with Gasteiger partial charge in [0.2, 0.25) is 11.9 Å². The van der Waals surface area contributed by atoms with Gasteiger partial charge in [0.25, 0.3) is 0 Å². The van der Waals surface area contributed by atoms with Crippen LogP contribution in [0.1, 0.15) is 24.2 Å². The molecule has 0 saturated carbocycles. The number of benzene rings is 2. The highest BCUT2D eigenvalue weighted by atomic mass is 35.5. The lowest BCUT2D eigenvalue weighted by Gasteiger charge is -2.13. The number of isothiocyanates is 1. The standard InChI is InChI=1S/C17H22Cl2N6S.C10H19N5.C7H3Cl2NS/c1-11-9-15(20-7-4-8-25(2)3)23-16(21-11)24-17(26)22-12-5-6-13(18)14(19)10-12;1-8-7-9(14-10(11)13-8)12-5-4-6-15(2)3;8-6-2-1-5(10-4-11)3-7(6)9/h5-6,9-10H,4,7-8H2,1-3H3,(H3,20,21,22,23,24,26);7H,4-6H2,1-3H3,(H3,11,12,13,14);1-3H. The zero-order valence-electron chi connectivity index (χ0n) is 29.9. The number of nitrogen functional groups attached to an aromatic ring is 1. The van der Waals surface area contributed by atoms with Crippen LogP contribution in [0.3, 0.4) is 0 Å². The Bertz CT molecular complexity index is 1770. The fourth-order valence-corrected chi connectivity index (χ4v) is 4.97. The van der Waals surface area contributed by atoms with E-state index in [2.05, 4.69) is 102 Å². The summed E-state index contributed by atoms with van der Waals surface area (Å²) < 4.78 is 0. The molecule has 0 aliphatic heterocycles. The molecule has 2 aromatic carbocycles. The molecule has 4 aromatic rings. The van der Waals surface area contributed by atoms with Crippen LogP contribution in [0.5, 0.6) is 0 Å². The smallest absolute Gasteiger partial charge is 0.231 e. The van der Waals surface area contributed by atoms with Crippen LogP contribution in [0.15, 0.2) is 53.5 Å². The molecule has 2 heterocycles. The molecule has 0 saturated heterocycles. The largest absolute Gasteiger partial charge is 0.370 e. The maximum atomic E-state index is 6.01. The van der Waals surface area contributed by atoms with Crippen molar-refractivity contribution in [2.45, 2.75) is 26.7 Å². The Morgan fingerprint density at radius 2 is 1.27 bits per heavy atom. The molecule has 0 unspecified atom stereocenters. The lowest BCUT2D eigenvalue weighted by Crippen LogP contribution is -2.21. The van der Waals surface area contributed by atoms with Crippen molar-refractivity contribution in [2.24, 2.45) is 4.99 Å². The number of rotatable bonds is 13. The summed E-state index contributed by atoms with van der Waals surface area (Å²) >= 11 is 33.0. The van der Waals surface area contributed by atoms with E-state index >= 15 is 0 Å². The number of aliphatic imine (C=N–C) groups is 1. The fourth-order valence-electron chi connectivity index (χ4n) is 4.07. The van der Waals surface area contributed by atoms with Crippen molar-refractivity contribution in [3.8, 4) is 0 Å². The summed E-state index contributed by atoms with van der Waals surface area (Å²) in [6, 6.07) is 14.0. The average molecular weight is 827 g/mol. The first-order chi connectivity index (χ1) is 24.6. The maximum Gasteiger partial charge on any atom is 0.231 e. The number of nitrogens with one attached hydrogen (secondary N) is 4. The minimum Gasteiger partial charge on any atom is -0.370 e. The quantitative estimate of drug-likeness (QED) is 0.0499. The van der Waals surface area contributed by atoms with Crippen molar-refractivity contribution >= 4 is 116 Å². The summed E-state index contributed by atoms with van der Waals surface area (Å²) in [5.74, 6) is 2.32. The van der Waals surface area contributed by atoms with Crippen molar-refractivity contribution in [1.82, 2.24) is 29.7 Å². The van der Waals surface area contributed by atoms with Crippen molar-refractivity contribution in [2.75, 3.05) is 81.4 Å². The second-order valence-corrected chi connectivity index (χ2v) is 13.9. The van der Waals surface area contributed by atoms with Crippen LogP contribution in [-0.4, -0.2) is 94.4 Å². The van der Waals surface area contributed by atoms with E-state index in [-0.39, 0.29) is 0 Å². The van der Waals surface area contributed by atoms with Gasteiger partial charge in [-0.3, -0.25) is 0 Å². The SMILES string of the molecule is Cc1cc(NCCCN(C)C)nc(N)n1.Cc1cc(NCCCN(C)C)nc(NC(=S)Nc2ccc(Cl)c(Cl)c2)n1.S=C=Nc1ccc(Cl)c(Cl)c1. The Hall–Kier alpha value is -3.43. The molecular weight excluding hydrogens is 782 g/mol. The molecule has 6 N–H and O–H groups in total. The van der Waals surface area contributed by atoms with Crippen LogP contribution in [0.4, 0.5) is 34.9 Å². The van der Waals surface area contributed by atoms with Crippen LogP contribution >= 0.6 is 70.8 Å². The molecule has 0 spiro atoms. The van der Waals surface area contributed by atoms with Gasteiger partial charge >= 0.3 is 0 Å². The van der Waals surface area contributed by atoms with E-state index in [1.165, 1.54) is 0 Å². The highest BCUT2D eigenvalue weighted by Gasteiger charge is 2.07. The molecular formula is C34H44Cl4N12S2. The van der Waals surface area contributed by atoms with Gasteiger partial charge in [0.05, 0.1) is 30.9 Å². The molecule has 0 radical (unpaired) electrons. The van der Waals surface area contributed by atoms with E-state index in [9.17, 15) is 0 Å². The van der Waals surface area contributed by atoms with Gasteiger partial charge in [-0.05, 0) is 129 Å². The Labute approximate surface area is 336 Å². The third kappa shape index (κ3) is 18.9. The van der Waals surface area contributed by atoms with Crippen molar-refractivity contribution in [3.63, 3.8) is 0 Å². The number of halogens is 4. The van der Waals surface area contributed by atoms with Gasteiger partial charge in [0.15, 0.2) is 5.11 Å². The molecule has 0 aliphatic carbocycles. The molecule has 4 rings (SSSR count). The highest BCUT2D eigenvalue weighted by molar-refractivity contribution is 7.80. The zero-order valence-corrected chi connectivity index (χ0v) is 34.6.